The first-order valence-electron chi connectivity index (χ1n) is 6.74. The molecule has 1 fully saturated rings. The summed E-state index contributed by atoms with van der Waals surface area (Å²) in [5.41, 5.74) is -0.838. The van der Waals surface area contributed by atoms with Crippen molar-refractivity contribution in [3.8, 4) is 0 Å². The number of hydrogen-bond acceptors (Lipinski definition) is 5. The fourth-order valence-electron chi connectivity index (χ4n) is 3.06. The van der Waals surface area contributed by atoms with Crippen LogP contribution in [0, 0.1) is 11.7 Å². The molecule has 1 saturated heterocycles. The van der Waals surface area contributed by atoms with E-state index in [9.17, 15) is 14.0 Å². The van der Waals surface area contributed by atoms with Gasteiger partial charge in [-0.15, -0.1) is 0 Å². The first-order valence-corrected chi connectivity index (χ1v) is 7.11. The smallest absolute Gasteiger partial charge is 0.412 e. The molecule has 1 amide bonds. The van der Waals surface area contributed by atoms with Crippen LogP contribution in [-0.2, 0) is 19.9 Å². The van der Waals surface area contributed by atoms with Crippen molar-refractivity contribution in [2.24, 2.45) is 5.92 Å². The molecule has 0 saturated carbocycles. The maximum Gasteiger partial charge on any atom is 0.412 e. The van der Waals surface area contributed by atoms with Crippen molar-refractivity contribution in [3.05, 3.63) is 28.5 Å². The molecular weight excluding hydrogens is 315 g/mol. The van der Waals surface area contributed by atoms with Crippen LogP contribution >= 0.6 is 11.6 Å². The molecule has 2 aliphatic rings. The van der Waals surface area contributed by atoms with Gasteiger partial charge in [-0.1, -0.05) is 11.6 Å². The van der Waals surface area contributed by atoms with Gasteiger partial charge < -0.3 is 14.8 Å². The van der Waals surface area contributed by atoms with E-state index in [-0.39, 0.29) is 23.6 Å². The van der Waals surface area contributed by atoms with Crippen molar-refractivity contribution in [1.82, 2.24) is 5.32 Å². The summed E-state index contributed by atoms with van der Waals surface area (Å²) in [6, 6.07) is 2.88. The SMILES string of the molecule is COC(=O)C1CNCC2(C1)OC(=O)Nc1ccc(Cl)c(F)c12. The van der Waals surface area contributed by atoms with Gasteiger partial charge in [-0.2, -0.15) is 0 Å². The quantitative estimate of drug-likeness (QED) is 0.771. The monoisotopic (exact) mass is 328 g/mol. The van der Waals surface area contributed by atoms with Crippen molar-refractivity contribution in [3.63, 3.8) is 0 Å². The Morgan fingerprint density at radius 1 is 1.55 bits per heavy atom. The second-order valence-corrected chi connectivity index (χ2v) is 5.76. The van der Waals surface area contributed by atoms with E-state index in [1.54, 1.807) is 0 Å². The Bertz CT molecular complexity index is 654. The number of methoxy groups -OCH3 is 1. The Labute approximate surface area is 130 Å². The van der Waals surface area contributed by atoms with Crippen LogP contribution < -0.4 is 10.6 Å². The van der Waals surface area contributed by atoms with Crippen LogP contribution in [-0.4, -0.2) is 32.3 Å². The molecule has 118 valence electrons. The normalized spacial score (nSPS) is 26.9. The average Bonchev–Trinajstić information content (AvgIpc) is 2.49. The number of piperidine rings is 1. The van der Waals surface area contributed by atoms with Gasteiger partial charge in [0.25, 0.3) is 0 Å². The van der Waals surface area contributed by atoms with Crippen LogP contribution in [0.3, 0.4) is 0 Å². The molecule has 0 aliphatic carbocycles. The minimum atomic E-state index is -1.29. The number of fused-ring (bicyclic) bond motifs is 2. The lowest BCUT2D eigenvalue weighted by molar-refractivity contribution is -0.149. The van der Waals surface area contributed by atoms with Crippen LogP contribution in [0.4, 0.5) is 14.9 Å². The summed E-state index contributed by atoms with van der Waals surface area (Å²) < 4.78 is 24.7. The van der Waals surface area contributed by atoms with E-state index in [0.717, 1.165) is 0 Å². The average molecular weight is 329 g/mol. The molecule has 1 aromatic carbocycles. The number of benzene rings is 1. The highest BCUT2D eigenvalue weighted by atomic mass is 35.5. The van der Waals surface area contributed by atoms with E-state index in [4.69, 9.17) is 21.1 Å². The van der Waals surface area contributed by atoms with Gasteiger partial charge in [-0.25, -0.2) is 9.18 Å². The predicted molar refractivity (Wildman–Crippen MR) is 76.2 cm³/mol. The lowest BCUT2D eigenvalue weighted by Gasteiger charge is -2.43. The van der Waals surface area contributed by atoms with Crippen LogP contribution in [0.2, 0.25) is 5.02 Å². The third-order valence-corrected chi connectivity index (χ3v) is 4.28. The van der Waals surface area contributed by atoms with Crippen molar-refractivity contribution in [2.45, 2.75) is 12.0 Å². The Morgan fingerprint density at radius 3 is 3.05 bits per heavy atom. The molecule has 2 aliphatic heterocycles. The third kappa shape index (κ3) is 2.30. The third-order valence-electron chi connectivity index (χ3n) is 3.99. The second-order valence-electron chi connectivity index (χ2n) is 5.35. The number of nitrogens with one attached hydrogen (secondary N) is 2. The number of rotatable bonds is 1. The molecule has 0 bridgehead atoms. The molecule has 2 atom stereocenters. The Morgan fingerprint density at radius 2 is 2.32 bits per heavy atom. The molecule has 2 heterocycles. The van der Waals surface area contributed by atoms with Crippen molar-refractivity contribution < 1.29 is 23.5 Å². The first-order chi connectivity index (χ1) is 10.5. The predicted octanol–water partition coefficient (Wildman–Crippen LogP) is 2.02. The summed E-state index contributed by atoms with van der Waals surface area (Å²) in [7, 11) is 1.28. The summed E-state index contributed by atoms with van der Waals surface area (Å²) in [5, 5.41) is 5.39. The van der Waals surface area contributed by atoms with Crippen molar-refractivity contribution in [1.29, 1.82) is 0 Å². The highest BCUT2D eigenvalue weighted by Crippen LogP contribution is 2.44. The fourth-order valence-corrected chi connectivity index (χ4v) is 3.21. The minimum absolute atomic E-state index is 0.0712. The van der Waals surface area contributed by atoms with Crippen molar-refractivity contribution in [2.75, 3.05) is 25.5 Å². The van der Waals surface area contributed by atoms with Gasteiger partial charge >= 0.3 is 12.1 Å². The Balaban J connectivity index is 2.09. The van der Waals surface area contributed by atoms with E-state index < -0.39 is 29.4 Å². The number of carbonyl (C=O) groups is 2. The summed E-state index contributed by atoms with van der Waals surface area (Å²) in [4.78, 5) is 23.6. The minimum Gasteiger partial charge on any atom is -0.469 e. The van der Waals surface area contributed by atoms with E-state index in [2.05, 4.69) is 10.6 Å². The Hall–Kier alpha value is -1.86. The zero-order valence-corrected chi connectivity index (χ0v) is 12.5. The molecular formula is C14H14ClFN2O4. The van der Waals surface area contributed by atoms with Gasteiger partial charge in [0, 0.05) is 19.5 Å². The molecule has 2 N–H and O–H groups in total. The van der Waals surface area contributed by atoms with Crippen LogP contribution in [0.5, 0.6) is 0 Å². The zero-order chi connectivity index (χ0) is 15.9. The molecule has 2 unspecified atom stereocenters. The zero-order valence-electron chi connectivity index (χ0n) is 11.7. The molecule has 0 aromatic heterocycles. The molecule has 6 nitrogen and oxygen atoms in total. The number of hydrogen-bond donors (Lipinski definition) is 2. The first kappa shape index (κ1) is 15.1. The van der Waals surface area contributed by atoms with Gasteiger partial charge in [0.05, 0.1) is 29.3 Å². The summed E-state index contributed by atoms with van der Waals surface area (Å²) in [6.07, 6.45) is -0.564. The standard InChI is InChI=1S/C14H14ClFN2O4/c1-21-12(19)7-4-14(6-17-5-7)10-9(18-13(20)22-14)3-2-8(15)11(10)16/h2-3,7,17H,4-6H2,1H3,(H,18,20). The summed E-state index contributed by atoms with van der Waals surface area (Å²) in [5.74, 6) is -1.65. The lowest BCUT2D eigenvalue weighted by atomic mass is 9.79. The Kier molecular flexibility index (Phi) is 3.70. The lowest BCUT2D eigenvalue weighted by Crippen LogP contribution is -2.54. The molecule has 1 aromatic rings. The largest absolute Gasteiger partial charge is 0.469 e. The molecule has 3 rings (SSSR count). The highest BCUT2D eigenvalue weighted by molar-refractivity contribution is 6.31. The van der Waals surface area contributed by atoms with Gasteiger partial charge in [0.1, 0.15) is 0 Å². The van der Waals surface area contributed by atoms with Gasteiger partial charge in [-0.05, 0) is 12.1 Å². The number of anilines is 1. The number of esters is 1. The van der Waals surface area contributed by atoms with Crippen LogP contribution in [0.15, 0.2) is 12.1 Å². The van der Waals surface area contributed by atoms with Crippen molar-refractivity contribution >= 4 is 29.4 Å². The van der Waals surface area contributed by atoms with E-state index in [0.29, 0.717) is 12.2 Å². The summed E-state index contributed by atoms with van der Waals surface area (Å²) >= 11 is 5.86. The topological polar surface area (TPSA) is 76.7 Å². The molecule has 1 spiro atoms. The van der Waals surface area contributed by atoms with E-state index in [1.165, 1.54) is 19.2 Å². The number of halogens is 2. The van der Waals surface area contributed by atoms with E-state index >= 15 is 0 Å². The van der Waals surface area contributed by atoms with Gasteiger partial charge in [0.2, 0.25) is 0 Å². The fraction of sp³-hybridized carbons (Fsp3) is 0.429. The van der Waals surface area contributed by atoms with Gasteiger partial charge in [0.15, 0.2) is 11.4 Å². The number of amides is 1. The summed E-state index contributed by atoms with van der Waals surface area (Å²) in [6.45, 7) is 0.565. The second kappa shape index (κ2) is 5.40. The molecule has 8 heteroatoms. The van der Waals surface area contributed by atoms with Crippen LogP contribution in [0.1, 0.15) is 12.0 Å². The van der Waals surface area contributed by atoms with E-state index in [1.807, 2.05) is 0 Å². The maximum absolute atomic E-state index is 14.5. The number of ether oxygens (including phenoxy) is 2. The maximum atomic E-state index is 14.5. The molecule has 0 radical (unpaired) electrons. The highest BCUT2D eigenvalue weighted by Gasteiger charge is 2.49. The molecule has 22 heavy (non-hydrogen) atoms. The van der Waals surface area contributed by atoms with Crippen LogP contribution in [0.25, 0.3) is 0 Å². The van der Waals surface area contributed by atoms with Gasteiger partial charge in [-0.3, -0.25) is 10.1 Å². The number of carbonyl (C=O) groups excluding carboxylic acids is 2.